The largest absolute Gasteiger partial charge is 0.352 e. The van der Waals surface area contributed by atoms with Crippen LogP contribution in [0.5, 0.6) is 0 Å². The zero-order valence-electron chi connectivity index (χ0n) is 12.9. The van der Waals surface area contributed by atoms with Crippen LogP contribution < -0.4 is 16.0 Å². The quantitative estimate of drug-likeness (QED) is 0.752. The fraction of sp³-hybridized carbons (Fsp3) is 0.500. The van der Waals surface area contributed by atoms with Gasteiger partial charge in [-0.2, -0.15) is 0 Å². The van der Waals surface area contributed by atoms with Gasteiger partial charge in [0.1, 0.15) is 0 Å². The minimum atomic E-state index is -0.0788. The second kappa shape index (κ2) is 9.43. The Morgan fingerprint density at radius 2 is 2.00 bits per heavy atom. The molecule has 2 amide bonds. The first-order valence-corrected chi connectivity index (χ1v) is 7.60. The lowest BCUT2D eigenvalue weighted by atomic mass is 10.1. The molecule has 1 atom stereocenters. The molecule has 0 radical (unpaired) electrons. The molecule has 1 unspecified atom stereocenters. The van der Waals surface area contributed by atoms with Gasteiger partial charge in [-0.3, -0.25) is 9.59 Å². The van der Waals surface area contributed by atoms with Crippen molar-refractivity contribution in [2.24, 2.45) is 0 Å². The monoisotopic (exact) mass is 325 g/mol. The molecule has 5 nitrogen and oxygen atoms in total. The van der Waals surface area contributed by atoms with Crippen LogP contribution in [0.25, 0.3) is 0 Å². The van der Waals surface area contributed by atoms with Crippen LogP contribution in [0.4, 0.5) is 5.69 Å². The molecule has 2 rings (SSSR count). The van der Waals surface area contributed by atoms with E-state index in [-0.39, 0.29) is 24.2 Å². The van der Waals surface area contributed by atoms with Gasteiger partial charge >= 0.3 is 0 Å². The zero-order valence-corrected chi connectivity index (χ0v) is 13.7. The first-order chi connectivity index (χ1) is 10.2. The fourth-order valence-electron chi connectivity index (χ4n) is 2.41. The normalized spacial score (nSPS) is 16.7. The SMILES string of the molecule is CCCNC(=O)c1ccc(NC(=O)CC2CCCN2)cc1.Cl. The second-order valence-electron chi connectivity index (χ2n) is 5.38. The zero-order chi connectivity index (χ0) is 15.1. The maximum atomic E-state index is 11.9. The molecule has 1 aromatic rings. The Morgan fingerprint density at radius 3 is 2.59 bits per heavy atom. The van der Waals surface area contributed by atoms with Gasteiger partial charge in [0.2, 0.25) is 5.91 Å². The van der Waals surface area contributed by atoms with E-state index in [1.54, 1.807) is 24.3 Å². The van der Waals surface area contributed by atoms with Crippen LogP contribution in [0.2, 0.25) is 0 Å². The van der Waals surface area contributed by atoms with Gasteiger partial charge < -0.3 is 16.0 Å². The molecule has 22 heavy (non-hydrogen) atoms. The minimum absolute atomic E-state index is 0. The number of hydrogen-bond acceptors (Lipinski definition) is 3. The Hall–Kier alpha value is -1.59. The number of carbonyl (C=O) groups excluding carboxylic acids is 2. The van der Waals surface area contributed by atoms with Gasteiger partial charge in [0.05, 0.1) is 0 Å². The number of amides is 2. The average molecular weight is 326 g/mol. The third-order valence-corrected chi connectivity index (χ3v) is 3.56. The van der Waals surface area contributed by atoms with Crippen molar-refractivity contribution in [3.63, 3.8) is 0 Å². The summed E-state index contributed by atoms with van der Waals surface area (Å²) < 4.78 is 0. The van der Waals surface area contributed by atoms with Crippen molar-refractivity contribution in [2.75, 3.05) is 18.4 Å². The van der Waals surface area contributed by atoms with E-state index in [9.17, 15) is 9.59 Å². The van der Waals surface area contributed by atoms with E-state index < -0.39 is 0 Å². The summed E-state index contributed by atoms with van der Waals surface area (Å²) in [4.78, 5) is 23.7. The predicted molar refractivity (Wildman–Crippen MR) is 90.6 cm³/mol. The highest BCUT2D eigenvalue weighted by molar-refractivity contribution is 5.95. The molecule has 0 spiro atoms. The summed E-state index contributed by atoms with van der Waals surface area (Å²) >= 11 is 0. The molecule has 1 aliphatic heterocycles. The highest BCUT2D eigenvalue weighted by atomic mass is 35.5. The number of halogens is 1. The summed E-state index contributed by atoms with van der Waals surface area (Å²) in [6.45, 7) is 3.68. The molecular weight excluding hydrogens is 302 g/mol. The Bertz CT molecular complexity index is 485. The predicted octanol–water partition coefficient (Wildman–Crippen LogP) is 2.33. The van der Waals surface area contributed by atoms with Crippen LogP contribution in [-0.4, -0.2) is 30.9 Å². The summed E-state index contributed by atoms with van der Waals surface area (Å²) in [6, 6.07) is 7.29. The van der Waals surface area contributed by atoms with Crippen molar-refractivity contribution in [2.45, 2.75) is 38.6 Å². The van der Waals surface area contributed by atoms with Crippen molar-refractivity contribution in [3.8, 4) is 0 Å². The molecule has 1 saturated heterocycles. The van der Waals surface area contributed by atoms with Gasteiger partial charge in [-0.1, -0.05) is 6.92 Å². The third-order valence-electron chi connectivity index (χ3n) is 3.56. The second-order valence-corrected chi connectivity index (χ2v) is 5.38. The molecule has 0 bridgehead atoms. The van der Waals surface area contributed by atoms with Crippen LogP contribution in [0, 0.1) is 0 Å². The van der Waals surface area contributed by atoms with Crippen molar-refractivity contribution in [3.05, 3.63) is 29.8 Å². The molecule has 1 heterocycles. The maximum absolute atomic E-state index is 11.9. The lowest BCUT2D eigenvalue weighted by molar-refractivity contribution is -0.116. The van der Waals surface area contributed by atoms with Gasteiger partial charge in [-0.05, 0) is 50.1 Å². The van der Waals surface area contributed by atoms with Crippen molar-refractivity contribution >= 4 is 29.9 Å². The highest BCUT2D eigenvalue weighted by Crippen LogP contribution is 2.13. The topological polar surface area (TPSA) is 70.2 Å². The van der Waals surface area contributed by atoms with E-state index in [1.807, 2.05) is 6.92 Å². The van der Waals surface area contributed by atoms with Crippen LogP contribution in [-0.2, 0) is 4.79 Å². The number of rotatable bonds is 6. The van der Waals surface area contributed by atoms with Crippen LogP contribution >= 0.6 is 12.4 Å². The van der Waals surface area contributed by atoms with Crippen LogP contribution in [0.1, 0.15) is 43.0 Å². The molecule has 0 aromatic heterocycles. The smallest absolute Gasteiger partial charge is 0.251 e. The fourth-order valence-corrected chi connectivity index (χ4v) is 2.41. The summed E-state index contributed by atoms with van der Waals surface area (Å²) in [7, 11) is 0. The third kappa shape index (κ3) is 5.66. The van der Waals surface area contributed by atoms with Gasteiger partial charge in [0.15, 0.2) is 0 Å². The molecule has 0 aliphatic carbocycles. The highest BCUT2D eigenvalue weighted by Gasteiger charge is 2.17. The summed E-state index contributed by atoms with van der Waals surface area (Å²) in [6.07, 6.45) is 3.61. The van der Waals surface area contributed by atoms with Gasteiger partial charge in [-0.25, -0.2) is 0 Å². The summed E-state index contributed by atoms with van der Waals surface area (Å²) in [5.74, 6) is -0.0672. The van der Waals surface area contributed by atoms with E-state index >= 15 is 0 Å². The Morgan fingerprint density at radius 1 is 1.27 bits per heavy atom. The Labute approximate surface area is 137 Å². The molecule has 6 heteroatoms. The van der Waals surface area contributed by atoms with Crippen molar-refractivity contribution in [1.82, 2.24) is 10.6 Å². The van der Waals surface area contributed by atoms with E-state index in [1.165, 1.54) is 0 Å². The minimum Gasteiger partial charge on any atom is -0.352 e. The maximum Gasteiger partial charge on any atom is 0.251 e. The number of hydrogen-bond donors (Lipinski definition) is 3. The van der Waals surface area contributed by atoms with E-state index in [4.69, 9.17) is 0 Å². The lowest BCUT2D eigenvalue weighted by Crippen LogP contribution is -2.27. The average Bonchev–Trinajstić information content (AvgIpc) is 2.98. The van der Waals surface area contributed by atoms with E-state index in [2.05, 4.69) is 16.0 Å². The molecule has 1 aliphatic rings. The summed E-state index contributed by atoms with van der Waals surface area (Å²) in [5.41, 5.74) is 1.34. The lowest BCUT2D eigenvalue weighted by Gasteiger charge is -2.11. The molecule has 0 saturated carbocycles. The van der Waals surface area contributed by atoms with Crippen molar-refractivity contribution in [1.29, 1.82) is 0 Å². The number of carbonyl (C=O) groups is 2. The van der Waals surface area contributed by atoms with Crippen LogP contribution in [0.3, 0.4) is 0 Å². The Balaban J connectivity index is 0.00000242. The summed E-state index contributed by atoms with van der Waals surface area (Å²) in [5, 5.41) is 8.99. The number of anilines is 1. The van der Waals surface area contributed by atoms with Gasteiger partial charge in [-0.15, -0.1) is 12.4 Å². The van der Waals surface area contributed by atoms with Crippen LogP contribution in [0.15, 0.2) is 24.3 Å². The first kappa shape index (κ1) is 18.5. The van der Waals surface area contributed by atoms with E-state index in [0.717, 1.165) is 31.5 Å². The molecule has 1 aromatic carbocycles. The molecule has 1 fully saturated rings. The van der Waals surface area contributed by atoms with Gasteiger partial charge in [0, 0.05) is 30.3 Å². The van der Waals surface area contributed by atoms with E-state index in [0.29, 0.717) is 24.6 Å². The first-order valence-electron chi connectivity index (χ1n) is 7.60. The number of nitrogens with one attached hydrogen (secondary N) is 3. The van der Waals surface area contributed by atoms with Crippen molar-refractivity contribution < 1.29 is 9.59 Å². The standard InChI is InChI=1S/C16H23N3O2.ClH/c1-2-9-18-16(21)12-5-7-13(8-6-12)19-15(20)11-14-4-3-10-17-14;/h5-8,14,17H,2-4,9-11H2,1H3,(H,18,21)(H,19,20);1H. The van der Waals surface area contributed by atoms with Gasteiger partial charge in [0.25, 0.3) is 5.91 Å². The molecule has 3 N–H and O–H groups in total. The molecular formula is C16H24ClN3O2. The number of benzene rings is 1. The Kier molecular flexibility index (Phi) is 7.91. The molecule has 122 valence electrons.